The fourth-order valence-corrected chi connectivity index (χ4v) is 2.38. The van der Waals surface area contributed by atoms with Gasteiger partial charge in [-0.2, -0.15) is 5.10 Å². The summed E-state index contributed by atoms with van der Waals surface area (Å²) in [6, 6.07) is 0. The quantitative estimate of drug-likeness (QED) is 0.770. The summed E-state index contributed by atoms with van der Waals surface area (Å²) in [4.78, 5) is 24.7. The van der Waals surface area contributed by atoms with Gasteiger partial charge in [0.25, 0.3) is 0 Å². The van der Waals surface area contributed by atoms with E-state index < -0.39 is 0 Å². The lowest BCUT2D eigenvalue weighted by Gasteiger charge is -2.31. The number of hydrogen-bond acceptors (Lipinski definition) is 4. The third kappa shape index (κ3) is 3.70. The van der Waals surface area contributed by atoms with Crippen molar-refractivity contribution in [1.82, 2.24) is 14.7 Å². The van der Waals surface area contributed by atoms with Gasteiger partial charge < -0.3 is 16.4 Å². The summed E-state index contributed by atoms with van der Waals surface area (Å²) in [5, 5.41) is 3.99. The van der Waals surface area contributed by atoms with Gasteiger partial charge in [-0.1, -0.05) is 0 Å². The number of carbonyl (C=O) groups excluding carboxylic acids is 2. The number of rotatable bonds is 4. The molecule has 2 heterocycles. The largest absolute Gasteiger partial charge is 0.396 e. The topological polar surface area (TPSA) is 107 Å². The summed E-state index contributed by atoms with van der Waals surface area (Å²) in [6.07, 6.45) is 5.23. The molecule has 2 amide bonds. The summed E-state index contributed by atoms with van der Waals surface area (Å²) in [6.45, 7) is 1.55. The SMILES string of the molecule is NC(=O)CC1CCN(C(=O)Cn2cc(N)cn2)CC1. The van der Waals surface area contributed by atoms with Gasteiger partial charge in [-0.05, 0) is 18.8 Å². The Balaban J connectivity index is 1.80. The van der Waals surface area contributed by atoms with Crippen molar-refractivity contribution in [2.45, 2.75) is 25.8 Å². The van der Waals surface area contributed by atoms with E-state index in [1.807, 2.05) is 0 Å². The molecule has 4 N–H and O–H groups in total. The molecule has 2 rings (SSSR count). The zero-order chi connectivity index (χ0) is 13.8. The maximum absolute atomic E-state index is 12.0. The van der Waals surface area contributed by atoms with Crippen LogP contribution < -0.4 is 11.5 Å². The lowest BCUT2D eigenvalue weighted by atomic mass is 9.93. The number of nitrogen functional groups attached to an aromatic ring is 1. The number of anilines is 1. The molecule has 0 saturated carbocycles. The van der Waals surface area contributed by atoms with E-state index in [-0.39, 0.29) is 18.4 Å². The Bertz CT molecular complexity index is 462. The van der Waals surface area contributed by atoms with Crippen molar-refractivity contribution in [2.75, 3.05) is 18.8 Å². The zero-order valence-electron chi connectivity index (χ0n) is 10.8. The van der Waals surface area contributed by atoms with Gasteiger partial charge >= 0.3 is 0 Å². The van der Waals surface area contributed by atoms with E-state index in [0.717, 1.165) is 12.8 Å². The average molecular weight is 265 g/mol. The van der Waals surface area contributed by atoms with Crippen LogP contribution in [0, 0.1) is 5.92 Å². The fourth-order valence-electron chi connectivity index (χ4n) is 2.38. The van der Waals surface area contributed by atoms with Crippen LogP contribution >= 0.6 is 0 Å². The van der Waals surface area contributed by atoms with E-state index in [9.17, 15) is 9.59 Å². The number of nitrogens with two attached hydrogens (primary N) is 2. The van der Waals surface area contributed by atoms with Gasteiger partial charge in [-0.15, -0.1) is 0 Å². The molecule has 1 aliphatic rings. The molecule has 0 atom stereocenters. The molecule has 0 radical (unpaired) electrons. The van der Waals surface area contributed by atoms with Gasteiger partial charge in [0.2, 0.25) is 11.8 Å². The second-order valence-electron chi connectivity index (χ2n) is 4.97. The smallest absolute Gasteiger partial charge is 0.244 e. The Morgan fingerprint density at radius 3 is 2.58 bits per heavy atom. The molecule has 0 aliphatic carbocycles. The standard InChI is InChI=1S/C12H19N5O2/c13-10-6-15-17(7-10)8-12(19)16-3-1-9(2-4-16)5-11(14)18/h6-7,9H,1-5,8,13H2,(H2,14,18). The summed E-state index contributed by atoms with van der Waals surface area (Å²) in [5.74, 6) is 0.0688. The van der Waals surface area contributed by atoms with Crippen LogP contribution in [0.15, 0.2) is 12.4 Å². The molecule has 0 spiro atoms. The van der Waals surface area contributed by atoms with Crippen LogP contribution in [0.1, 0.15) is 19.3 Å². The normalized spacial score (nSPS) is 16.5. The maximum atomic E-state index is 12.0. The second-order valence-corrected chi connectivity index (χ2v) is 4.97. The van der Waals surface area contributed by atoms with Crippen molar-refractivity contribution in [1.29, 1.82) is 0 Å². The lowest BCUT2D eigenvalue weighted by molar-refractivity contribution is -0.133. The summed E-state index contributed by atoms with van der Waals surface area (Å²) < 4.78 is 1.53. The summed E-state index contributed by atoms with van der Waals surface area (Å²) in [5.41, 5.74) is 11.3. The van der Waals surface area contributed by atoms with Gasteiger partial charge in [-0.3, -0.25) is 14.3 Å². The predicted octanol–water partition coefficient (Wildman–Crippen LogP) is -0.421. The van der Waals surface area contributed by atoms with E-state index >= 15 is 0 Å². The van der Waals surface area contributed by atoms with Gasteiger partial charge in [0.15, 0.2) is 0 Å². The molecule has 19 heavy (non-hydrogen) atoms. The molecule has 0 aromatic carbocycles. The van der Waals surface area contributed by atoms with E-state index in [0.29, 0.717) is 31.1 Å². The molecule has 1 saturated heterocycles. The molecular formula is C12H19N5O2. The molecule has 7 nitrogen and oxygen atoms in total. The van der Waals surface area contributed by atoms with Gasteiger partial charge in [0.05, 0.1) is 11.9 Å². The number of likely N-dealkylation sites (tertiary alicyclic amines) is 1. The molecule has 1 aromatic heterocycles. The lowest BCUT2D eigenvalue weighted by Crippen LogP contribution is -2.41. The Labute approximate surface area is 111 Å². The summed E-state index contributed by atoms with van der Waals surface area (Å²) >= 11 is 0. The van der Waals surface area contributed by atoms with Crippen LogP contribution in [-0.4, -0.2) is 39.6 Å². The number of piperidine rings is 1. The van der Waals surface area contributed by atoms with Crippen LogP contribution in [0.25, 0.3) is 0 Å². The minimum atomic E-state index is -0.267. The highest BCUT2D eigenvalue weighted by atomic mass is 16.2. The molecule has 0 bridgehead atoms. The molecule has 1 aromatic rings. The Morgan fingerprint density at radius 2 is 2.05 bits per heavy atom. The highest BCUT2D eigenvalue weighted by Gasteiger charge is 2.23. The van der Waals surface area contributed by atoms with Crippen molar-refractivity contribution in [3.05, 3.63) is 12.4 Å². The van der Waals surface area contributed by atoms with Gasteiger partial charge in [0, 0.05) is 25.7 Å². The first-order valence-corrected chi connectivity index (χ1v) is 6.38. The second kappa shape index (κ2) is 5.73. The van der Waals surface area contributed by atoms with Crippen LogP contribution in [0.4, 0.5) is 5.69 Å². The number of nitrogens with zero attached hydrogens (tertiary/aromatic N) is 3. The number of primary amides is 1. The average Bonchev–Trinajstić information content (AvgIpc) is 2.75. The van der Waals surface area contributed by atoms with Crippen molar-refractivity contribution >= 4 is 17.5 Å². The van der Waals surface area contributed by atoms with Crippen LogP contribution in [-0.2, 0) is 16.1 Å². The van der Waals surface area contributed by atoms with Crippen molar-refractivity contribution in [3.63, 3.8) is 0 Å². The van der Waals surface area contributed by atoms with Crippen LogP contribution in [0.5, 0.6) is 0 Å². The Kier molecular flexibility index (Phi) is 4.03. The molecule has 104 valence electrons. The van der Waals surface area contributed by atoms with E-state index in [1.54, 1.807) is 11.1 Å². The molecule has 0 unspecified atom stereocenters. The predicted molar refractivity (Wildman–Crippen MR) is 69.8 cm³/mol. The van der Waals surface area contributed by atoms with Crippen molar-refractivity contribution < 1.29 is 9.59 Å². The van der Waals surface area contributed by atoms with Gasteiger partial charge in [-0.25, -0.2) is 0 Å². The van der Waals surface area contributed by atoms with E-state index in [4.69, 9.17) is 11.5 Å². The first-order valence-electron chi connectivity index (χ1n) is 6.38. The molecule has 1 fully saturated rings. The Morgan fingerprint density at radius 1 is 1.37 bits per heavy atom. The first kappa shape index (κ1) is 13.4. The number of carbonyl (C=O) groups is 2. The highest BCUT2D eigenvalue weighted by Crippen LogP contribution is 2.20. The monoisotopic (exact) mass is 265 g/mol. The minimum absolute atomic E-state index is 0.0284. The molecular weight excluding hydrogens is 246 g/mol. The number of amides is 2. The number of hydrogen-bond donors (Lipinski definition) is 2. The highest BCUT2D eigenvalue weighted by molar-refractivity contribution is 5.76. The van der Waals surface area contributed by atoms with Crippen LogP contribution in [0.2, 0.25) is 0 Å². The Hall–Kier alpha value is -2.05. The number of aromatic nitrogens is 2. The molecule has 1 aliphatic heterocycles. The van der Waals surface area contributed by atoms with E-state index in [2.05, 4.69) is 5.10 Å². The summed E-state index contributed by atoms with van der Waals surface area (Å²) in [7, 11) is 0. The zero-order valence-corrected chi connectivity index (χ0v) is 10.8. The third-order valence-corrected chi connectivity index (χ3v) is 3.41. The van der Waals surface area contributed by atoms with Crippen LogP contribution in [0.3, 0.4) is 0 Å². The third-order valence-electron chi connectivity index (χ3n) is 3.41. The molecule has 7 heteroatoms. The van der Waals surface area contributed by atoms with Crippen molar-refractivity contribution in [2.24, 2.45) is 11.7 Å². The van der Waals surface area contributed by atoms with Gasteiger partial charge in [0.1, 0.15) is 6.54 Å². The maximum Gasteiger partial charge on any atom is 0.244 e. The fraction of sp³-hybridized carbons (Fsp3) is 0.583. The van der Waals surface area contributed by atoms with Crippen molar-refractivity contribution in [3.8, 4) is 0 Å². The first-order chi connectivity index (χ1) is 9.04. The minimum Gasteiger partial charge on any atom is -0.396 e. The van der Waals surface area contributed by atoms with E-state index in [1.165, 1.54) is 10.9 Å².